The Balaban J connectivity index is 1.78. The molecule has 4 rings (SSSR count). The van der Waals surface area contributed by atoms with Gasteiger partial charge >= 0.3 is 0 Å². The molecule has 1 aliphatic heterocycles. The van der Waals surface area contributed by atoms with Crippen LogP contribution in [0.25, 0.3) is 0 Å². The number of hydrogen-bond acceptors (Lipinski definition) is 6. The number of hydrogen-bond donors (Lipinski definition) is 4. The molecule has 2 heterocycles. The average molecular weight is 439 g/mol. The van der Waals surface area contributed by atoms with E-state index >= 15 is 0 Å². The van der Waals surface area contributed by atoms with Gasteiger partial charge in [-0.05, 0) is 43.5 Å². The predicted octanol–water partition coefficient (Wildman–Crippen LogP) is 1.47. The molecule has 0 spiro atoms. The number of carbonyl (C=O) groups is 2. The molecule has 2 aromatic rings. The summed E-state index contributed by atoms with van der Waals surface area (Å²) < 4.78 is 7.65. The largest absolute Gasteiger partial charge is 0.493 e. The van der Waals surface area contributed by atoms with Gasteiger partial charge in [-0.15, -0.1) is 6.58 Å². The van der Waals surface area contributed by atoms with E-state index in [-0.39, 0.29) is 17.7 Å². The molecule has 0 radical (unpaired) electrons. The summed E-state index contributed by atoms with van der Waals surface area (Å²) in [6.45, 7) is 8.69. The number of carbonyl (C=O) groups excluding carboxylic acids is 2. The van der Waals surface area contributed by atoms with E-state index in [2.05, 4.69) is 17.0 Å². The molecule has 0 saturated heterocycles. The van der Waals surface area contributed by atoms with E-state index in [4.69, 9.17) is 21.9 Å². The van der Waals surface area contributed by atoms with Crippen molar-refractivity contribution in [1.82, 2.24) is 15.1 Å². The highest BCUT2D eigenvalue weighted by atomic mass is 16.5. The second kappa shape index (κ2) is 8.07. The summed E-state index contributed by atoms with van der Waals surface area (Å²) >= 11 is 0. The number of primary amides is 1. The van der Waals surface area contributed by atoms with Gasteiger partial charge in [0.1, 0.15) is 17.1 Å². The van der Waals surface area contributed by atoms with Gasteiger partial charge in [-0.25, -0.2) is 0 Å². The van der Waals surface area contributed by atoms with E-state index in [1.54, 1.807) is 22.9 Å². The maximum Gasteiger partial charge on any atom is 0.271 e. The monoisotopic (exact) mass is 438 g/mol. The lowest BCUT2D eigenvalue weighted by Gasteiger charge is -2.41. The van der Waals surface area contributed by atoms with Crippen LogP contribution in [0.3, 0.4) is 0 Å². The number of benzene rings is 1. The molecule has 0 saturated carbocycles. The van der Waals surface area contributed by atoms with Crippen molar-refractivity contribution >= 4 is 11.8 Å². The molecule has 2 aliphatic rings. The molecule has 170 valence electrons. The van der Waals surface area contributed by atoms with Crippen LogP contribution in [0.15, 0.2) is 30.9 Å². The summed E-state index contributed by atoms with van der Waals surface area (Å²) in [6.07, 6.45) is 3.28. The molecule has 1 aromatic heterocycles. The number of amides is 2. The molecular weight excluding hydrogens is 408 g/mol. The van der Waals surface area contributed by atoms with E-state index in [1.165, 1.54) is 0 Å². The number of nitrogens with zero attached hydrogens (tertiary/aromatic N) is 2. The van der Waals surface area contributed by atoms with E-state index in [0.717, 1.165) is 17.7 Å². The molecule has 4 atom stereocenters. The quantitative estimate of drug-likeness (QED) is 0.379. The molecular formula is C23H30N6O3. The van der Waals surface area contributed by atoms with E-state index in [0.29, 0.717) is 42.1 Å². The van der Waals surface area contributed by atoms with Crippen LogP contribution in [0.2, 0.25) is 0 Å². The van der Waals surface area contributed by atoms with Gasteiger partial charge in [0.25, 0.3) is 5.91 Å². The molecule has 0 fully saturated rings. The Labute approximate surface area is 187 Å². The number of aromatic nitrogens is 2. The number of rotatable bonds is 7. The van der Waals surface area contributed by atoms with Gasteiger partial charge in [-0.3, -0.25) is 14.3 Å². The lowest BCUT2D eigenvalue weighted by atomic mass is 9.77. The van der Waals surface area contributed by atoms with E-state index in [9.17, 15) is 9.59 Å². The topological polar surface area (TPSA) is 151 Å². The molecule has 7 N–H and O–H groups in total. The fourth-order valence-corrected chi connectivity index (χ4v) is 5.05. The minimum Gasteiger partial charge on any atom is -0.493 e. The summed E-state index contributed by atoms with van der Waals surface area (Å²) in [7, 11) is 0. The van der Waals surface area contributed by atoms with Crippen molar-refractivity contribution in [3.05, 3.63) is 58.9 Å². The molecule has 1 aliphatic carbocycles. The smallest absolute Gasteiger partial charge is 0.271 e. The molecule has 9 heteroatoms. The normalized spacial score (nSPS) is 25.7. The summed E-state index contributed by atoms with van der Waals surface area (Å²) in [5.74, 6) is -0.749. The van der Waals surface area contributed by atoms with Crippen molar-refractivity contribution in [2.45, 2.75) is 50.9 Å². The van der Waals surface area contributed by atoms with Crippen molar-refractivity contribution in [2.75, 3.05) is 6.61 Å². The first-order valence-corrected chi connectivity index (χ1v) is 10.8. The minimum absolute atomic E-state index is 0.0423. The van der Waals surface area contributed by atoms with Crippen molar-refractivity contribution in [2.24, 2.45) is 23.1 Å². The van der Waals surface area contributed by atoms with Crippen molar-refractivity contribution in [3.63, 3.8) is 0 Å². The minimum atomic E-state index is -1.29. The summed E-state index contributed by atoms with van der Waals surface area (Å²) in [5, 5.41) is 7.44. The third-order valence-corrected chi connectivity index (χ3v) is 6.43. The Hall–Kier alpha value is -3.17. The van der Waals surface area contributed by atoms with Gasteiger partial charge in [-0.2, -0.15) is 5.10 Å². The third kappa shape index (κ3) is 3.37. The van der Waals surface area contributed by atoms with Gasteiger partial charge in [0.05, 0.1) is 18.3 Å². The zero-order valence-corrected chi connectivity index (χ0v) is 18.4. The van der Waals surface area contributed by atoms with Crippen LogP contribution >= 0.6 is 0 Å². The Bertz CT molecular complexity index is 1090. The fourth-order valence-electron chi connectivity index (χ4n) is 5.05. The SMILES string of the molecule is C=CC[C@@H]1COc2cc(C(N)=O)cc3c2[C@H]1[C@](N)(NC(=O)c1cc(C)nn1CCC)[C@H]3N. The van der Waals surface area contributed by atoms with Gasteiger partial charge in [0.15, 0.2) is 0 Å². The molecule has 0 unspecified atom stereocenters. The maximum absolute atomic E-state index is 13.4. The van der Waals surface area contributed by atoms with Gasteiger partial charge in [0.2, 0.25) is 5.91 Å². The standard InChI is InChI=1S/C23H30N6O3/c1-4-6-13-11-32-17-10-14(21(25)30)9-15-18(17)19(13)23(26,20(15)24)27-22(31)16-8-12(3)28-29(16)7-5-2/h4,8-10,13,19-20H,1,5-7,11,24,26H2,2-3H3,(H2,25,30)(H,27,31)/t13-,19+,20+,23+/m1/s1. The van der Waals surface area contributed by atoms with Crippen LogP contribution < -0.4 is 27.3 Å². The van der Waals surface area contributed by atoms with Crippen LogP contribution in [0.1, 0.15) is 69.4 Å². The van der Waals surface area contributed by atoms with Crippen molar-refractivity contribution < 1.29 is 14.3 Å². The first-order valence-electron chi connectivity index (χ1n) is 10.8. The highest BCUT2D eigenvalue weighted by Crippen LogP contribution is 2.55. The third-order valence-electron chi connectivity index (χ3n) is 6.43. The number of allylic oxidation sites excluding steroid dienone is 1. The van der Waals surface area contributed by atoms with Crippen LogP contribution in [0.4, 0.5) is 0 Å². The lowest BCUT2D eigenvalue weighted by molar-refractivity contribution is 0.0793. The Morgan fingerprint density at radius 2 is 2.16 bits per heavy atom. The first-order chi connectivity index (χ1) is 15.2. The molecule has 1 aromatic carbocycles. The number of nitrogens with two attached hydrogens (primary N) is 3. The molecule has 32 heavy (non-hydrogen) atoms. The Morgan fingerprint density at radius 1 is 1.41 bits per heavy atom. The Morgan fingerprint density at radius 3 is 2.81 bits per heavy atom. The second-order valence-electron chi connectivity index (χ2n) is 8.67. The van der Waals surface area contributed by atoms with Crippen LogP contribution in [-0.4, -0.2) is 33.9 Å². The van der Waals surface area contributed by atoms with E-state index < -0.39 is 17.6 Å². The lowest BCUT2D eigenvalue weighted by Crippen LogP contribution is -2.64. The zero-order chi connectivity index (χ0) is 23.2. The maximum atomic E-state index is 13.4. The van der Waals surface area contributed by atoms with E-state index in [1.807, 2.05) is 19.9 Å². The van der Waals surface area contributed by atoms with Gasteiger partial charge in [0, 0.05) is 29.5 Å². The number of nitrogens with one attached hydrogen (secondary N) is 1. The summed E-state index contributed by atoms with van der Waals surface area (Å²) in [5.41, 5.74) is 20.8. The Kier molecular flexibility index (Phi) is 5.56. The molecule has 2 amide bonds. The van der Waals surface area contributed by atoms with Crippen LogP contribution in [-0.2, 0) is 6.54 Å². The highest BCUT2D eigenvalue weighted by Gasteiger charge is 2.56. The summed E-state index contributed by atoms with van der Waals surface area (Å²) in [6, 6.07) is 4.26. The van der Waals surface area contributed by atoms with Gasteiger partial charge in [-0.1, -0.05) is 13.0 Å². The van der Waals surface area contributed by atoms with Crippen molar-refractivity contribution in [1.29, 1.82) is 0 Å². The first kappa shape index (κ1) is 22.0. The van der Waals surface area contributed by atoms with Crippen LogP contribution in [0.5, 0.6) is 5.75 Å². The number of aryl methyl sites for hydroxylation is 2. The average Bonchev–Trinajstić information content (AvgIpc) is 3.22. The summed E-state index contributed by atoms with van der Waals surface area (Å²) in [4.78, 5) is 25.3. The fraction of sp³-hybridized carbons (Fsp3) is 0.435. The molecule has 0 bridgehead atoms. The zero-order valence-electron chi connectivity index (χ0n) is 18.4. The van der Waals surface area contributed by atoms with Crippen molar-refractivity contribution in [3.8, 4) is 5.75 Å². The predicted molar refractivity (Wildman–Crippen MR) is 120 cm³/mol. The van der Waals surface area contributed by atoms with Gasteiger partial charge < -0.3 is 27.3 Å². The highest BCUT2D eigenvalue weighted by molar-refractivity contribution is 5.95. The second-order valence-corrected chi connectivity index (χ2v) is 8.67. The molecule has 9 nitrogen and oxygen atoms in total. The van der Waals surface area contributed by atoms with Crippen LogP contribution in [0, 0.1) is 12.8 Å². The number of ether oxygens (including phenoxy) is 1.